The molecule has 0 bridgehead atoms. The van der Waals surface area contributed by atoms with Crippen LogP contribution >= 0.6 is 11.6 Å². The maximum Gasteiger partial charge on any atom is 0.371 e. The van der Waals surface area contributed by atoms with Crippen LogP contribution < -0.4 is 0 Å². The average Bonchev–Trinajstić information content (AvgIpc) is 2.57. The fourth-order valence-electron chi connectivity index (χ4n) is 1.29. The van der Waals surface area contributed by atoms with Crippen LogP contribution in [-0.2, 0) is 0 Å². The number of carboxylic acids is 1. The fraction of sp³-hybridized carbons (Fsp3) is 0.111. The maximum absolute atomic E-state index is 10.7. The van der Waals surface area contributed by atoms with Gasteiger partial charge in [0.15, 0.2) is 0 Å². The van der Waals surface area contributed by atoms with Crippen molar-refractivity contribution in [2.75, 3.05) is 0 Å². The number of fused-ring (bicyclic) bond motifs is 1. The first-order valence-corrected chi connectivity index (χ1v) is 4.35. The van der Waals surface area contributed by atoms with Gasteiger partial charge in [-0.25, -0.2) is 9.78 Å². The molecule has 0 aliphatic rings. The molecule has 72 valence electrons. The number of aromatic carboxylic acids is 1. The molecule has 0 atom stereocenters. The lowest BCUT2D eigenvalue weighted by atomic mass is 10.2. The summed E-state index contributed by atoms with van der Waals surface area (Å²) in [6, 6.07) is 3.51. The van der Waals surface area contributed by atoms with Crippen LogP contribution in [0.2, 0.25) is 5.02 Å². The van der Waals surface area contributed by atoms with Crippen LogP contribution in [0.5, 0.6) is 0 Å². The van der Waals surface area contributed by atoms with E-state index in [0.717, 1.165) is 5.56 Å². The van der Waals surface area contributed by atoms with E-state index in [0.29, 0.717) is 16.1 Å². The Bertz CT molecular complexity index is 480. The second kappa shape index (κ2) is 2.99. The van der Waals surface area contributed by atoms with Gasteiger partial charge in [0.05, 0.1) is 16.1 Å². The van der Waals surface area contributed by atoms with Crippen LogP contribution in [0, 0.1) is 6.92 Å². The van der Waals surface area contributed by atoms with Crippen molar-refractivity contribution < 1.29 is 9.90 Å². The summed E-state index contributed by atoms with van der Waals surface area (Å²) in [5, 5.41) is 9.21. The summed E-state index contributed by atoms with van der Waals surface area (Å²) in [7, 11) is 0. The molecular weight excluding hydrogens is 204 g/mol. The molecule has 2 aromatic rings. The first kappa shape index (κ1) is 9.02. The largest absolute Gasteiger partial charge is 0.475 e. The number of halogens is 1. The molecule has 4 nitrogen and oxygen atoms in total. The Morgan fingerprint density at radius 3 is 2.86 bits per heavy atom. The highest BCUT2D eigenvalue weighted by molar-refractivity contribution is 6.35. The van der Waals surface area contributed by atoms with Crippen LogP contribution in [-0.4, -0.2) is 21.0 Å². The number of hydrogen-bond acceptors (Lipinski definition) is 2. The van der Waals surface area contributed by atoms with Crippen molar-refractivity contribution in [1.82, 2.24) is 9.97 Å². The minimum absolute atomic E-state index is 0.0869. The van der Waals surface area contributed by atoms with Gasteiger partial charge in [0, 0.05) is 0 Å². The van der Waals surface area contributed by atoms with E-state index < -0.39 is 5.97 Å². The second-order valence-electron chi connectivity index (χ2n) is 2.98. The Morgan fingerprint density at radius 2 is 2.29 bits per heavy atom. The summed E-state index contributed by atoms with van der Waals surface area (Å²) >= 11 is 5.88. The van der Waals surface area contributed by atoms with Crippen LogP contribution in [0.3, 0.4) is 0 Å². The van der Waals surface area contributed by atoms with Gasteiger partial charge in [0.25, 0.3) is 0 Å². The normalized spacial score (nSPS) is 10.7. The van der Waals surface area contributed by atoms with Gasteiger partial charge in [-0.1, -0.05) is 17.7 Å². The second-order valence-corrected chi connectivity index (χ2v) is 3.39. The van der Waals surface area contributed by atoms with E-state index in [9.17, 15) is 4.79 Å². The van der Waals surface area contributed by atoms with E-state index in [1.807, 2.05) is 6.92 Å². The molecular formula is C9H7ClN2O2. The van der Waals surface area contributed by atoms with Crippen molar-refractivity contribution in [2.45, 2.75) is 6.92 Å². The summed E-state index contributed by atoms with van der Waals surface area (Å²) < 4.78 is 0. The Labute approximate surface area is 84.5 Å². The summed E-state index contributed by atoms with van der Waals surface area (Å²) in [6.45, 7) is 1.85. The number of rotatable bonds is 1. The average molecular weight is 211 g/mol. The van der Waals surface area contributed by atoms with Gasteiger partial charge in [-0.05, 0) is 18.6 Å². The summed E-state index contributed by atoms with van der Waals surface area (Å²) in [6.07, 6.45) is 0. The maximum atomic E-state index is 10.7. The predicted molar refractivity (Wildman–Crippen MR) is 52.8 cm³/mol. The molecule has 2 rings (SSSR count). The summed E-state index contributed by atoms with van der Waals surface area (Å²) in [5.74, 6) is -1.17. The highest BCUT2D eigenvalue weighted by Crippen LogP contribution is 2.23. The van der Waals surface area contributed by atoms with Crippen molar-refractivity contribution in [3.05, 3.63) is 28.5 Å². The van der Waals surface area contributed by atoms with Gasteiger partial charge >= 0.3 is 5.97 Å². The number of benzene rings is 1. The monoisotopic (exact) mass is 210 g/mol. The third-order valence-corrected chi connectivity index (χ3v) is 2.31. The molecule has 5 heteroatoms. The van der Waals surface area contributed by atoms with Crippen molar-refractivity contribution in [2.24, 2.45) is 0 Å². The third-order valence-electron chi connectivity index (χ3n) is 2.00. The third kappa shape index (κ3) is 1.24. The number of aromatic nitrogens is 2. The lowest BCUT2D eigenvalue weighted by molar-refractivity contribution is 0.0685. The fourth-order valence-corrected chi connectivity index (χ4v) is 1.49. The molecule has 0 radical (unpaired) electrons. The van der Waals surface area contributed by atoms with E-state index in [2.05, 4.69) is 9.97 Å². The topological polar surface area (TPSA) is 66.0 Å². The Morgan fingerprint density at radius 1 is 1.57 bits per heavy atom. The van der Waals surface area contributed by atoms with Crippen LogP contribution in [0.25, 0.3) is 11.0 Å². The standard InChI is InChI=1S/C9H7ClN2O2/c1-4-2-3-5(10)7-6(4)11-8(12-7)9(13)14/h2-3H,1H3,(H,11,12)(H,13,14). The molecule has 0 unspecified atom stereocenters. The number of nitrogens with zero attached hydrogens (tertiary/aromatic N) is 1. The zero-order valence-electron chi connectivity index (χ0n) is 7.34. The lowest BCUT2D eigenvalue weighted by Crippen LogP contribution is -1.97. The molecule has 0 spiro atoms. The van der Waals surface area contributed by atoms with Crippen molar-refractivity contribution in [3.63, 3.8) is 0 Å². The number of imidazole rings is 1. The number of carboxylic acid groups (broad SMARTS) is 1. The molecule has 1 heterocycles. The van der Waals surface area contributed by atoms with Crippen LogP contribution in [0.1, 0.15) is 16.2 Å². The van der Waals surface area contributed by atoms with Gasteiger partial charge in [0.2, 0.25) is 5.82 Å². The lowest BCUT2D eigenvalue weighted by Gasteiger charge is -1.94. The minimum atomic E-state index is -1.09. The first-order valence-electron chi connectivity index (χ1n) is 3.97. The Hall–Kier alpha value is -1.55. The molecule has 0 amide bonds. The molecule has 1 aromatic heterocycles. The highest BCUT2D eigenvalue weighted by Gasteiger charge is 2.12. The highest BCUT2D eigenvalue weighted by atomic mass is 35.5. The molecule has 0 fully saturated rings. The Balaban J connectivity index is 2.82. The number of H-pyrrole nitrogens is 1. The Kier molecular flexibility index (Phi) is 1.93. The SMILES string of the molecule is Cc1ccc(Cl)c2[nH]c(C(=O)O)nc12. The van der Waals surface area contributed by atoms with Gasteiger partial charge < -0.3 is 10.1 Å². The van der Waals surface area contributed by atoms with Gasteiger partial charge in [-0.15, -0.1) is 0 Å². The number of nitrogens with one attached hydrogen (secondary N) is 1. The quantitative estimate of drug-likeness (QED) is 0.759. The zero-order valence-corrected chi connectivity index (χ0v) is 8.09. The molecule has 0 saturated carbocycles. The number of hydrogen-bond donors (Lipinski definition) is 2. The number of aromatic amines is 1. The smallest absolute Gasteiger partial charge is 0.371 e. The predicted octanol–water partition coefficient (Wildman–Crippen LogP) is 2.22. The number of aryl methyl sites for hydroxylation is 1. The molecule has 14 heavy (non-hydrogen) atoms. The molecule has 0 aliphatic heterocycles. The van der Waals surface area contributed by atoms with Crippen molar-refractivity contribution in [3.8, 4) is 0 Å². The van der Waals surface area contributed by atoms with E-state index in [4.69, 9.17) is 16.7 Å². The van der Waals surface area contributed by atoms with E-state index in [-0.39, 0.29) is 5.82 Å². The molecule has 0 aliphatic carbocycles. The molecule has 2 N–H and O–H groups in total. The minimum Gasteiger partial charge on any atom is -0.475 e. The number of carbonyl (C=O) groups is 1. The molecule has 0 saturated heterocycles. The van der Waals surface area contributed by atoms with Gasteiger partial charge in [-0.2, -0.15) is 0 Å². The first-order chi connectivity index (χ1) is 6.59. The van der Waals surface area contributed by atoms with E-state index >= 15 is 0 Å². The van der Waals surface area contributed by atoms with Crippen molar-refractivity contribution >= 4 is 28.6 Å². The van der Waals surface area contributed by atoms with E-state index in [1.165, 1.54) is 0 Å². The summed E-state index contributed by atoms with van der Waals surface area (Å²) in [4.78, 5) is 17.3. The van der Waals surface area contributed by atoms with E-state index in [1.54, 1.807) is 12.1 Å². The zero-order chi connectivity index (χ0) is 10.3. The van der Waals surface area contributed by atoms with Crippen LogP contribution in [0.15, 0.2) is 12.1 Å². The van der Waals surface area contributed by atoms with Crippen LogP contribution in [0.4, 0.5) is 0 Å². The summed E-state index contributed by atoms with van der Waals surface area (Å²) in [5.41, 5.74) is 2.08. The van der Waals surface area contributed by atoms with Gasteiger partial charge in [0.1, 0.15) is 0 Å². The van der Waals surface area contributed by atoms with Gasteiger partial charge in [-0.3, -0.25) is 0 Å². The molecule has 1 aromatic carbocycles. The van der Waals surface area contributed by atoms with Crippen molar-refractivity contribution in [1.29, 1.82) is 0 Å².